The summed E-state index contributed by atoms with van der Waals surface area (Å²) < 4.78 is 7.83. The first-order valence-corrected chi connectivity index (χ1v) is 17.7. The van der Waals surface area contributed by atoms with E-state index in [2.05, 4.69) is 53.5 Å². The van der Waals surface area contributed by atoms with Gasteiger partial charge in [-0.05, 0) is 80.6 Å². The number of amides is 4. The van der Waals surface area contributed by atoms with Crippen LogP contribution in [0.4, 0.5) is 15.3 Å². The zero-order chi connectivity index (χ0) is 31.3. The van der Waals surface area contributed by atoms with Gasteiger partial charge in [-0.15, -0.1) is 0 Å². The number of urea groups is 1. The Morgan fingerprint density at radius 3 is 2.22 bits per heavy atom. The van der Waals surface area contributed by atoms with Crippen LogP contribution in [-0.4, -0.2) is 115 Å². The number of hydrogen-bond donors (Lipinski definition) is 2. The molecule has 6 rings (SSSR count). The van der Waals surface area contributed by atoms with E-state index in [1.807, 2.05) is 46.2 Å². The number of halogens is 2. The molecule has 0 aliphatic carbocycles. The number of likely N-dealkylation sites (tertiary alicyclic amines) is 1. The van der Waals surface area contributed by atoms with E-state index in [1.165, 1.54) is 0 Å². The van der Waals surface area contributed by atoms with Gasteiger partial charge in [-0.2, -0.15) is 0 Å². The first-order chi connectivity index (χ1) is 21.8. The van der Waals surface area contributed by atoms with Crippen LogP contribution in [0, 0.1) is 0 Å². The molecule has 250 valence electrons. The third-order valence-corrected chi connectivity index (χ3v) is 10.5. The molecule has 0 radical (unpaired) electrons. The van der Waals surface area contributed by atoms with Crippen molar-refractivity contribution in [1.82, 2.24) is 24.9 Å². The highest BCUT2D eigenvalue weighted by Crippen LogP contribution is 2.26. The number of anilines is 1. The molecular formula is C34H46Br2N6O4. The fourth-order valence-electron chi connectivity index (χ4n) is 7.10. The van der Waals surface area contributed by atoms with Gasteiger partial charge < -0.3 is 30.1 Å². The number of para-hydroxylation sites is 1. The van der Waals surface area contributed by atoms with Gasteiger partial charge in [0.25, 0.3) is 5.91 Å². The molecule has 4 aliphatic rings. The largest absolute Gasteiger partial charge is 0.436 e. The highest BCUT2D eigenvalue weighted by Gasteiger charge is 2.36. The van der Waals surface area contributed by atoms with Crippen molar-refractivity contribution >= 4 is 55.6 Å². The Hall–Kier alpha value is -2.67. The van der Waals surface area contributed by atoms with Gasteiger partial charge in [0.2, 0.25) is 0 Å². The highest BCUT2D eigenvalue weighted by molar-refractivity contribution is 9.11. The van der Waals surface area contributed by atoms with Crippen molar-refractivity contribution < 1.29 is 19.1 Å². The molecule has 0 unspecified atom stereocenters. The molecule has 0 spiro atoms. The summed E-state index contributed by atoms with van der Waals surface area (Å²) in [7, 11) is 0. The number of hydrogen-bond acceptors (Lipinski definition) is 6. The molecule has 12 heteroatoms. The number of benzene rings is 2. The minimum atomic E-state index is -0.920. The molecular weight excluding hydrogens is 716 g/mol. The smallest absolute Gasteiger partial charge is 0.410 e. The van der Waals surface area contributed by atoms with Gasteiger partial charge in [-0.3, -0.25) is 9.69 Å². The Morgan fingerprint density at radius 1 is 0.848 bits per heavy atom. The lowest BCUT2D eigenvalue weighted by molar-refractivity contribution is -0.143. The second kappa shape index (κ2) is 16.0. The number of nitrogens with zero attached hydrogens (tertiary/aromatic N) is 4. The minimum absolute atomic E-state index is 0. The van der Waals surface area contributed by atoms with Crippen LogP contribution in [0.25, 0.3) is 0 Å². The molecule has 3 saturated heterocycles. The van der Waals surface area contributed by atoms with E-state index in [4.69, 9.17) is 4.74 Å². The molecule has 46 heavy (non-hydrogen) atoms. The monoisotopic (exact) mass is 760 g/mol. The molecule has 2 aromatic carbocycles. The zero-order valence-corrected chi connectivity index (χ0v) is 28.7. The van der Waals surface area contributed by atoms with Gasteiger partial charge >= 0.3 is 12.1 Å². The summed E-state index contributed by atoms with van der Waals surface area (Å²) in [5.74, 6) is -0.139. The van der Waals surface area contributed by atoms with Gasteiger partial charge in [0.1, 0.15) is 0 Å². The summed E-state index contributed by atoms with van der Waals surface area (Å²) >= 11 is 7.09. The summed E-state index contributed by atoms with van der Waals surface area (Å²) in [6.07, 6.45) is 3.29. The van der Waals surface area contributed by atoms with Crippen LogP contribution < -0.4 is 10.6 Å². The molecule has 2 N–H and O–H groups in total. The van der Waals surface area contributed by atoms with E-state index in [1.54, 1.807) is 4.90 Å². The Kier molecular flexibility index (Phi) is 12.0. The first kappa shape index (κ1) is 34.7. The fourth-order valence-corrected chi connectivity index (χ4v) is 8.49. The molecule has 10 nitrogen and oxygen atoms in total. The van der Waals surface area contributed by atoms with Gasteiger partial charge in [0, 0.05) is 79.0 Å². The summed E-state index contributed by atoms with van der Waals surface area (Å²) in [6, 6.07) is 14.3. The molecule has 2 aromatic rings. The van der Waals surface area contributed by atoms with Crippen LogP contribution in [0.5, 0.6) is 0 Å². The number of rotatable bonds is 6. The third-order valence-electron chi connectivity index (χ3n) is 9.62. The van der Waals surface area contributed by atoms with Crippen molar-refractivity contribution in [3.8, 4) is 0 Å². The summed E-state index contributed by atoms with van der Waals surface area (Å²) in [5.41, 5.74) is 2.91. The Labute approximate surface area is 289 Å². The SMILES string of the molecule is C.O=C(O[C@H](Cc1cc(Br)cc(Br)c1)C(=O)N1CCN(C2CCNCC2)CC1)N1CCC(N2CCc3ccccc3NC2=O)CC1. The lowest BCUT2D eigenvalue weighted by Crippen LogP contribution is -2.56. The number of piperazine rings is 1. The predicted molar refractivity (Wildman–Crippen MR) is 187 cm³/mol. The number of nitrogens with one attached hydrogen (secondary N) is 2. The lowest BCUT2D eigenvalue weighted by Gasteiger charge is -2.41. The molecule has 4 heterocycles. The predicted octanol–water partition coefficient (Wildman–Crippen LogP) is 5.35. The van der Waals surface area contributed by atoms with Gasteiger partial charge in [0.15, 0.2) is 6.10 Å². The standard InChI is InChI=1S/C33H42Br2N6O4.CH4/c34-25-19-23(20-26(35)22-25)21-30(31(42)39-17-15-38(16-18-39)27-5-10-36-11-6-27)45-33(44)40-12-8-28(9-13-40)41-14-7-24-3-1-2-4-29(24)37-32(41)43;/h1-4,19-20,22,27-28,30,36H,5-18,21H2,(H,37,43);1H4/t30-;/m1./s1. The van der Waals surface area contributed by atoms with Crippen molar-refractivity contribution in [2.45, 2.75) is 64.1 Å². The van der Waals surface area contributed by atoms with E-state index >= 15 is 0 Å². The van der Waals surface area contributed by atoms with Gasteiger partial charge in [-0.1, -0.05) is 57.5 Å². The van der Waals surface area contributed by atoms with Crippen LogP contribution in [0.15, 0.2) is 51.4 Å². The van der Waals surface area contributed by atoms with Crippen LogP contribution in [0.1, 0.15) is 44.2 Å². The number of carbonyl (C=O) groups is 3. The molecule has 4 amide bonds. The molecule has 3 fully saturated rings. The second-order valence-electron chi connectivity index (χ2n) is 12.4. The first-order valence-electron chi connectivity index (χ1n) is 16.1. The average molecular weight is 763 g/mol. The van der Waals surface area contributed by atoms with E-state index < -0.39 is 12.2 Å². The van der Waals surface area contributed by atoms with E-state index in [-0.39, 0.29) is 25.4 Å². The third kappa shape index (κ3) is 8.42. The maximum absolute atomic E-state index is 13.9. The maximum Gasteiger partial charge on any atom is 0.410 e. The quantitative estimate of drug-likeness (QED) is 0.413. The zero-order valence-electron chi connectivity index (χ0n) is 25.6. The van der Waals surface area contributed by atoms with E-state index in [0.717, 1.165) is 71.2 Å². The van der Waals surface area contributed by atoms with Crippen molar-refractivity contribution in [3.63, 3.8) is 0 Å². The summed E-state index contributed by atoms with van der Waals surface area (Å²) in [6.45, 7) is 6.60. The van der Waals surface area contributed by atoms with Crippen molar-refractivity contribution in [1.29, 1.82) is 0 Å². The molecule has 1 atom stereocenters. The Morgan fingerprint density at radius 2 is 1.52 bits per heavy atom. The number of ether oxygens (including phenoxy) is 1. The number of carbonyl (C=O) groups excluding carboxylic acids is 3. The molecule has 0 aromatic heterocycles. The summed E-state index contributed by atoms with van der Waals surface area (Å²) in [4.78, 5) is 48.5. The van der Waals surface area contributed by atoms with Crippen molar-refractivity contribution in [2.75, 3.05) is 64.2 Å². The van der Waals surface area contributed by atoms with E-state index in [0.29, 0.717) is 58.0 Å². The normalized spacial score (nSPS) is 20.7. The van der Waals surface area contributed by atoms with Gasteiger partial charge in [0.05, 0.1) is 0 Å². The number of piperidine rings is 2. The Balaban J connectivity index is 0.00000417. The maximum atomic E-state index is 13.9. The number of fused-ring (bicyclic) bond motifs is 1. The van der Waals surface area contributed by atoms with E-state index in [9.17, 15) is 14.4 Å². The topological polar surface area (TPSA) is 97.5 Å². The highest BCUT2D eigenvalue weighted by atomic mass is 79.9. The van der Waals surface area contributed by atoms with Crippen molar-refractivity contribution in [2.24, 2.45) is 0 Å². The lowest BCUT2D eigenvalue weighted by atomic mass is 10.0. The fraction of sp³-hybridized carbons (Fsp3) is 0.559. The second-order valence-corrected chi connectivity index (χ2v) is 14.3. The molecule has 0 bridgehead atoms. The molecule has 0 saturated carbocycles. The average Bonchev–Trinajstić information content (AvgIpc) is 3.22. The van der Waals surface area contributed by atoms with Crippen LogP contribution in [0.2, 0.25) is 0 Å². The molecule has 4 aliphatic heterocycles. The van der Waals surface area contributed by atoms with Crippen LogP contribution in [-0.2, 0) is 22.4 Å². The van der Waals surface area contributed by atoms with Crippen LogP contribution in [0.3, 0.4) is 0 Å². The van der Waals surface area contributed by atoms with Crippen molar-refractivity contribution in [3.05, 3.63) is 62.5 Å². The van der Waals surface area contributed by atoms with Crippen LogP contribution >= 0.6 is 31.9 Å². The van der Waals surface area contributed by atoms with Gasteiger partial charge in [-0.25, -0.2) is 9.59 Å². The Bertz CT molecular complexity index is 1350. The minimum Gasteiger partial charge on any atom is -0.436 e. The summed E-state index contributed by atoms with van der Waals surface area (Å²) in [5, 5.41) is 6.48.